The highest BCUT2D eigenvalue weighted by Gasteiger charge is 2.38. The number of halogens is 1. The van der Waals surface area contributed by atoms with Crippen LogP contribution >= 0.6 is 0 Å². The lowest BCUT2D eigenvalue weighted by Gasteiger charge is -2.13. The van der Waals surface area contributed by atoms with E-state index < -0.39 is 36.2 Å². The van der Waals surface area contributed by atoms with Gasteiger partial charge in [0.25, 0.3) is 5.91 Å². The Balaban J connectivity index is 1.62. The van der Waals surface area contributed by atoms with Gasteiger partial charge in [-0.3, -0.25) is 14.5 Å². The number of para-hydroxylation sites is 1. The smallest absolute Gasteiger partial charge is 0.325 e. The summed E-state index contributed by atoms with van der Waals surface area (Å²) in [6.07, 6.45) is 0.344. The van der Waals surface area contributed by atoms with Gasteiger partial charge in [-0.2, -0.15) is 0 Å². The monoisotopic (exact) mass is 341 g/mol. The molecule has 0 radical (unpaired) electrons. The van der Waals surface area contributed by atoms with E-state index in [0.717, 1.165) is 10.5 Å². The third kappa shape index (κ3) is 3.82. The number of amides is 4. The molecule has 0 saturated carbocycles. The van der Waals surface area contributed by atoms with E-state index in [1.165, 1.54) is 18.2 Å². The van der Waals surface area contributed by atoms with Crippen molar-refractivity contribution in [3.63, 3.8) is 0 Å². The maximum Gasteiger partial charge on any atom is 0.325 e. The Hall–Kier alpha value is -3.22. The van der Waals surface area contributed by atoms with Gasteiger partial charge in [0.05, 0.1) is 5.69 Å². The van der Waals surface area contributed by atoms with Gasteiger partial charge < -0.3 is 10.6 Å². The second kappa shape index (κ2) is 7.12. The van der Waals surface area contributed by atoms with E-state index in [2.05, 4.69) is 10.6 Å². The van der Waals surface area contributed by atoms with Crippen molar-refractivity contribution in [1.82, 2.24) is 10.2 Å². The Morgan fingerprint density at radius 1 is 1.08 bits per heavy atom. The summed E-state index contributed by atoms with van der Waals surface area (Å²) in [5, 5.41) is 4.92. The topological polar surface area (TPSA) is 78.5 Å². The minimum atomic E-state index is -0.712. The molecule has 0 spiro atoms. The zero-order chi connectivity index (χ0) is 17.8. The number of urea groups is 1. The molecule has 1 saturated heterocycles. The number of carbonyl (C=O) groups excluding carboxylic acids is 3. The second-order valence-corrected chi connectivity index (χ2v) is 5.64. The number of nitrogens with one attached hydrogen (secondary N) is 2. The van der Waals surface area contributed by atoms with Crippen molar-refractivity contribution in [3.8, 4) is 0 Å². The summed E-state index contributed by atoms with van der Waals surface area (Å²) in [6, 6.07) is 13.6. The molecule has 0 unspecified atom stereocenters. The molecule has 25 heavy (non-hydrogen) atoms. The van der Waals surface area contributed by atoms with E-state index in [-0.39, 0.29) is 5.69 Å². The Morgan fingerprint density at radius 3 is 2.48 bits per heavy atom. The van der Waals surface area contributed by atoms with Gasteiger partial charge in [-0.25, -0.2) is 9.18 Å². The number of anilines is 1. The molecule has 1 atom stereocenters. The Kier molecular flexibility index (Phi) is 4.74. The minimum Gasteiger partial charge on any atom is -0.325 e. The molecule has 128 valence electrons. The average Bonchev–Trinajstić information content (AvgIpc) is 2.85. The van der Waals surface area contributed by atoms with E-state index in [0.29, 0.717) is 6.42 Å². The Bertz CT molecular complexity index is 810. The molecule has 0 bridgehead atoms. The van der Waals surface area contributed by atoms with E-state index in [1.807, 2.05) is 30.3 Å². The lowest BCUT2D eigenvalue weighted by atomic mass is 10.1. The lowest BCUT2D eigenvalue weighted by molar-refractivity contribution is -0.130. The first kappa shape index (κ1) is 16.6. The third-order valence-electron chi connectivity index (χ3n) is 3.84. The zero-order valence-electron chi connectivity index (χ0n) is 13.2. The average molecular weight is 341 g/mol. The molecule has 7 heteroatoms. The third-order valence-corrected chi connectivity index (χ3v) is 3.84. The van der Waals surface area contributed by atoms with Crippen LogP contribution in [0.2, 0.25) is 0 Å². The summed E-state index contributed by atoms with van der Waals surface area (Å²) < 4.78 is 13.5. The number of rotatable bonds is 5. The molecule has 0 aromatic heterocycles. The molecule has 3 rings (SSSR count). The number of benzene rings is 2. The van der Waals surface area contributed by atoms with Gasteiger partial charge >= 0.3 is 6.03 Å². The van der Waals surface area contributed by atoms with Crippen molar-refractivity contribution < 1.29 is 18.8 Å². The van der Waals surface area contributed by atoms with Crippen molar-refractivity contribution in [2.45, 2.75) is 12.5 Å². The standard InChI is InChI=1S/C18H16FN3O3/c19-13-8-4-5-9-14(13)20-16(23)11-22-17(24)15(21-18(22)25)10-12-6-2-1-3-7-12/h1-9,15H,10-11H2,(H,20,23)(H,21,25)/t15-/m1/s1. The van der Waals surface area contributed by atoms with E-state index in [1.54, 1.807) is 6.07 Å². The molecule has 2 N–H and O–H groups in total. The van der Waals surface area contributed by atoms with Gasteiger partial charge in [-0.15, -0.1) is 0 Å². The molecule has 1 aliphatic rings. The number of carbonyl (C=O) groups is 3. The SMILES string of the molecule is O=C(CN1C(=O)N[C@H](Cc2ccccc2)C1=O)Nc1ccccc1F. The summed E-state index contributed by atoms with van der Waals surface area (Å²) in [5.74, 6) is -1.71. The highest BCUT2D eigenvalue weighted by Crippen LogP contribution is 2.14. The van der Waals surface area contributed by atoms with Gasteiger partial charge in [0.2, 0.25) is 5.91 Å². The van der Waals surface area contributed by atoms with Crippen LogP contribution in [0.5, 0.6) is 0 Å². The summed E-state index contributed by atoms with van der Waals surface area (Å²) >= 11 is 0. The predicted molar refractivity (Wildman–Crippen MR) is 89.2 cm³/mol. The van der Waals surface area contributed by atoms with Crippen LogP contribution in [-0.2, 0) is 16.0 Å². The largest absolute Gasteiger partial charge is 0.325 e. The van der Waals surface area contributed by atoms with Crippen LogP contribution in [0.3, 0.4) is 0 Å². The summed E-state index contributed by atoms with van der Waals surface area (Å²) in [7, 11) is 0. The Labute approximate surface area is 143 Å². The molecule has 4 amide bonds. The highest BCUT2D eigenvalue weighted by atomic mass is 19.1. The molecule has 2 aromatic rings. The molecular weight excluding hydrogens is 325 g/mol. The second-order valence-electron chi connectivity index (χ2n) is 5.64. The van der Waals surface area contributed by atoms with Crippen LogP contribution in [0.4, 0.5) is 14.9 Å². The fraction of sp³-hybridized carbons (Fsp3) is 0.167. The van der Waals surface area contributed by atoms with Crippen molar-refractivity contribution in [2.24, 2.45) is 0 Å². The van der Waals surface area contributed by atoms with Gasteiger partial charge in [0.1, 0.15) is 18.4 Å². The van der Waals surface area contributed by atoms with E-state index in [9.17, 15) is 18.8 Å². The number of hydrogen-bond donors (Lipinski definition) is 2. The maximum absolute atomic E-state index is 13.5. The van der Waals surface area contributed by atoms with Gasteiger partial charge in [0, 0.05) is 6.42 Å². The van der Waals surface area contributed by atoms with Gasteiger partial charge in [0.15, 0.2) is 0 Å². The lowest BCUT2D eigenvalue weighted by Crippen LogP contribution is -2.38. The van der Waals surface area contributed by atoms with Crippen LogP contribution in [0, 0.1) is 5.82 Å². The molecule has 1 heterocycles. The number of imide groups is 1. The molecule has 0 aliphatic carbocycles. The highest BCUT2D eigenvalue weighted by molar-refractivity contribution is 6.08. The quantitative estimate of drug-likeness (QED) is 0.816. The van der Waals surface area contributed by atoms with E-state index in [4.69, 9.17) is 0 Å². The summed E-state index contributed by atoms with van der Waals surface area (Å²) in [5.41, 5.74) is 0.902. The number of hydrogen-bond acceptors (Lipinski definition) is 3. The summed E-state index contributed by atoms with van der Waals surface area (Å²) in [6.45, 7) is -0.468. The fourth-order valence-electron chi connectivity index (χ4n) is 2.61. The van der Waals surface area contributed by atoms with Gasteiger partial charge in [-0.1, -0.05) is 42.5 Å². The molecule has 2 aromatic carbocycles. The van der Waals surface area contributed by atoms with Gasteiger partial charge in [-0.05, 0) is 17.7 Å². The first-order valence-corrected chi connectivity index (χ1v) is 7.75. The Morgan fingerprint density at radius 2 is 1.76 bits per heavy atom. The maximum atomic E-state index is 13.5. The van der Waals surface area contributed by atoms with Crippen molar-refractivity contribution in [1.29, 1.82) is 0 Å². The van der Waals surface area contributed by atoms with Crippen molar-refractivity contribution in [2.75, 3.05) is 11.9 Å². The first-order chi connectivity index (χ1) is 12.0. The van der Waals surface area contributed by atoms with Crippen LogP contribution in [0.25, 0.3) is 0 Å². The van der Waals surface area contributed by atoms with Crippen molar-refractivity contribution >= 4 is 23.5 Å². The number of nitrogens with zero attached hydrogens (tertiary/aromatic N) is 1. The predicted octanol–water partition coefficient (Wildman–Crippen LogP) is 1.93. The van der Waals surface area contributed by atoms with Crippen molar-refractivity contribution in [3.05, 3.63) is 66.0 Å². The van der Waals surface area contributed by atoms with Crippen LogP contribution in [0.1, 0.15) is 5.56 Å². The molecule has 1 fully saturated rings. The zero-order valence-corrected chi connectivity index (χ0v) is 13.2. The molecular formula is C18H16FN3O3. The molecule has 1 aliphatic heterocycles. The first-order valence-electron chi connectivity index (χ1n) is 7.75. The van der Waals surface area contributed by atoms with Crippen LogP contribution in [-0.4, -0.2) is 35.3 Å². The van der Waals surface area contributed by atoms with Crippen LogP contribution < -0.4 is 10.6 Å². The van der Waals surface area contributed by atoms with Crippen LogP contribution in [0.15, 0.2) is 54.6 Å². The van der Waals surface area contributed by atoms with E-state index >= 15 is 0 Å². The minimum absolute atomic E-state index is 0.000361. The normalized spacial score (nSPS) is 16.7. The molecule has 6 nitrogen and oxygen atoms in total. The fourth-order valence-corrected chi connectivity index (χ4v) is 2.61. The summed E-state index contributed by atoms with van der Waals surface area (Å²) in [4.78, 5) is 37.2.